The van der Waals surface area contributed by atoms with Gasteiger partial charge in [-0.15, -0.1) is 0 Å². The lowest BCUT2D eigenvalue weighted by Gasteiger charge is -2.06. The number of carbonyl (C=O) groups excluding carboxylic acids is 2. The molecule has 0 radical (unpaired) electrons. The van der Waals surface area contributed by atoms with E-state index < -0.39 is 5.97 Å². The van der Waals surface area contributed by atoms with Crippen LogP contribution in [0.3, 0.4) is 0 Å². The second-order valence-electron chi connectivity index (χ2n) is 5.59. The Kier molecular flexibility index (Phi) is 4.33. The molecule has 0 saturated carbocycles. The third-order valence-corrected chi connectivity index (χ3v) is 3.74. The van der Waals surface area contributed by atoms with Gasteiger partial charge >= 0.3 is 5.97 Å². The van der Waals surface area contributed by atoms with Crippen LogP contribution < -0.4 is 10.1 Å². The van der Waals surface area contributed by atoms with Gasteiger partial charge in [-0.2, -0.15) is 0 Å². The van der Waals surface area contributed by atoms with Gasteiger partial charge in [0.1, 0.15) is 5.75 Å². The third kappa shape index (κ3) is 3.30. The molecule has 3 aromatic rings. The highest BCUT2D eigenvalue weighted by molar-refractivity contribution is 6.08. The summed E-state index contributed by atoms with van der Waals surface area (Å²) >= 11 is 0. The van der Waals surface area contributed by atoms with Crippen LogP contribution in [0.4, 0.5) is 0 Å². The Balaban J connectivity index is 1.88. The van der Waals surface area contributed by atoms with E-state index in [2.05, 4.69) is 10.3 Å². The molecule has 0 fully saturated rings. The summed E-state index contributed by atoms with van der Waals surface area (Å²) in [5, 5.41) is 3.66. The van der Waals surface area contributed by atoms with Crippen molar-refractivity contribution in [1.82, 2.24) is 10.3 Å². The first kappa shape index (κ1) is 15.8. The Hall–Kier alpha value is -3.08. The highest BCUT2D eigenvalue weighted by atomic mass is 16.5. The lowest BCUT2D eigenvalue weighted by molar-refractivity contribution is -0.131. The Morgan fingerprint density at radius 1 is 1.12 bits per heavy atom. The summed E-state index contributed by atoms with van der Waals surface area (Å²) in [4.78, 5) is 26.9. The van der Waals surface area contributed by atoms with Crippen LogP contribution in [-0.4, -0.2) is 16.9 Å². The van der Waals surface area contributed by atoms with Crippen LogP contribution in [-0.2, 0) is 11.3 Å². The van der Waals surface area contributed by atoms with Gasteiger partial charge in [-0.05, 0) is 30.7 Å². The highest BCUT2D eigenvalue weighted by Crippen LogP contribution is 2.26. The number of benzene rings is 2. The quantitative estimate of drug-likeness (QED) is 0.572. The number of hydrogen-bond acceptors (Lipinski definition) is 3. The standard InChI is InChI=1S/C19H18N2O3/c1-12-18(19(23)20-11-14-6-4-3-5-7-14)16-10-15(24-13(2)22)8-9-17(16)21-12/h3-10,21H,11H2,1-2H3,(H,20,23). The van der Waals surface area contributed by atoms with Crippen molar-refractivity contribution in [1.29, 1.82) is 0 Å². The van der Waals surface area contributed by atoms with Crippen LogP contribution in [0.1, 0.15) is 28.5 Å². The van der Waals surface area contributed by atoms with E-state index in [9.17, 15) is 9.59 Å². The molecule has 1 aromatic heterocycles. The molecule has 0 saturated heterocycles. The maximum absolute atomic E-state index is 12.6. The molecule has 122 valence electrons. The van der Waals surface area contributed by atoms with Gasteiger partial charge < -0.3 is 15.0 Å². The number of aryl methyl sites for hydroxylation is 1. The topological polar surface area (TPSA) is 71.2 Å². The van der Waals surface area contributed by atoms with E-state index in [1.54, 1.807) is 18.2 Å². The van der Waals surface area contributed by atoms with Crippen molar-refractivity contribution in [2.24, 2.45) is 0 Å². The molecule has 5 heteroatoms. The first-order chi connectivity index (χ1) is 11.5. The molecule has 24 heavy (non-hydrogen) atoms. The molecule has 5 nitrogen and oxygen atoms in total. The van der Waals surface area contributed by atoms with Gasteiger partial charge in [0, 0.05) is 30.1 Å². The average Bonchev–Trinajstić information content (AvgIpc) is 2.88. The number of aromatic nitrogens is 1. The second kappa shape index (κ2) is 6.58. The number of carbonyl (C=O) groups is 2. The number of esters is 1. The number of ether oxygens (including phenoxy) is 1. The molecule has 0 aliphatic heterocycles. The number of nitrogens with one attached hydrogen (secondary N) is 2. The van der Waals surface area contributed by atoms with Crippen molar-refractivity contribution in [2.45, 2.75) is 20.4 Å². The maximum Gasteiger partial charge on any atom is 0.308 e. The predicted octanol–water partition coefficient (Wildman–Crippen LogP) is 3.33. The smallest absolute Gasteiger partial charge is 0.308 e. The molecule has 0 aliphatic rings. The number of H-pyrrole nitrogens is 1. The van der Waals surface area contributed by atoms with Gasteiger partial charge in [0.2, 0.25) is 0 Å². The lowest BCUT2D eigenvalue weighted by Crippen LogP contribution is -2.23. The van der Waals surface area contributed by atoms with Gasteiger partial charge in [0.15, 0.2) is 0 Å². The highest BCUT2D eigenvalue weighted by Gasteiger charge is 2.16. The first-order valence-corrected chi connectivity index (χ1v) is 7.67. The zero-order chi connectivity index (χ0) is 17.1. The molecular weight excluding hydrogens is 304 g/mol. The summed E-state index contributed by atoms with van der Waals surface area (Å²) in [6.45, 7) is 3.65. The lowest BCUT2D eigenvalue weighted by atomic mass is 10.1. The van der Waals surface area contributed by atoms with Crippen LogP contribution in [0, 0.1) is 6.92 Å². The van der Waals surface area contributed by atoms with Crippen molar-refractivity contribution >= 4 is 22.8 Å². The van der Waals surface area contributed by atoms with Gasteiger partial charge in [-0.3, -0.25) is 9.59 Å². The number of fused-ring (bicyclic) bond motifs is 1. The van der Waals surface area contributed by atoms with E-state index in [-0.39, 0.29) is 5.91 Å². The van der Waals surface area contributed by atoms with E-state index in [4.69, 9.17) is 4.74 Å². The minimum atomic E-state index is -0.392. The molecule has 3 rings (SSSR count). The number of rotatable bonds is 4. The summed E-state index contributed by atoms with van der Waals surface area (Å²) in [5.74, 6) is -0.134. The van der Waals surface area contributed by atoms with Crippen LogP contribution >= 0.6 is 0 Å². The molecular formula is C19H18N2O3. The zero-order valence-electron chi connectivity index (χ0n) is 13.6. The fourth-order valence-corrected chi connectivity index (χ4v) is 2.69. The fourth-order valence-electron chi connectivity index (χ4n) is 2.69. The summed E-state index contributed by atoms with van der Waals surface area (Å²) in [6.07, 6.45) is 0. The summed E-state index contributed by atoms with van der Waals surface area (Å²) in [6, 6.07) is 14.9. The first-order valence-electron chi connectivity index (χ1n) is 7.67. The third-order valence-electron chi connectivity index (χ3n) is 3.74. The van der Waals surface area contributed by atoms with Crippen molar-refractivity contribution in [3.63, 3.8) is 0 Å². The SMILES string of the molecule is CC(=O)Oc1ccc2[nH]c(C)c(C(=O)NCc3ccccc3)c2c1. The van der Waals surface area contributed by atoms with Crippen LogP contribution in [0.25, 0.3) is 10.9 Å². The van der Waals surface area contributed by atoms with Gasteiger partial charge in [-0.1, -0.05) is 30.3 Å². The molecule has 0 aliphatic carbocycles. The van der Waals surface area contributed by atoms with Crippen LogP contribution in [0.2, 0.25) is 0 Å². The van der Waals surface area contributed by atoms with Crippen molar-refractivity contribution in [3.8, 4) is 5.75 Å². The molecule has 2 N–H and O–H groups in total. The Bertz CT molecular complexity index is 898. The Morgan fingerprint density at radius 3 is 2.58 bits per heavy atom. The molecule has 0 spiro atoms. The van der Waals surface area contributed by atoms with Crippen molar-refractivity contribution in [3.05, 3.63) is 65.4 Å². The van der Waals surface area contributed by atoms with Gasteiger partial charge in [-0.25, -0.2) is 0 Å². The largest absolute Gasteiger partial charge is 0.427 e. The zero-order valence-corrected chi connectivity index (χ0v) is 13.6. The normalized spacial score (nSPS) is 10.6. The van der Waals surface area contributed by atoms with E-state index in [0.29, 0.717) is 17.9 Å². The van der Waals surface area contributed by atoms with Crippen LogP contribution in [0.5, 0.6) is 5.75 Å². The maximum atomic E-state index is 12.6. The van der Waals surface area contributed by atoms with Crippen molar-refractivity contribution < 1.29 is 14.3 Å². The summed E-state index contributed by atoms with van der Waals surface area (Å²) < 4.78 is 5.11. The van der Waals surface area contributed by atoms with E-state index in [1.165, 1.54) is 6.92 Å². The monoisotopic (exact) mass is 322 g/mol. The second-order valence-corrected chi connectivity index (χ2v) is 5.59. The molecule has 2 aromatic carbocycles. The Morgan fingerprint density at radius 2 is 1.88 bits per heavy atom. The fraction of sp³-hybridized carbons (Fsp3) is 0.158. The average molecular weight is 322 g/mol. The Labute approximate surface area is 139 Å². The number of amides is 1. The number of aromatic amines is 1. The summed E-state index contributed by atoms with van der Waals surface area (Å²) in [5.41, 5.74) is 3.20. The predicted molar refractivity (Wildman–Crippen MR) is 92.0 cm³/mol. The van der Waals surface area contributed by atoms with Crippen molar-refractivity contribution in [2.75, 3.05) is 0 Å². The molecule has 0 bridgehead atoms. The molecule has 1 heterocycles. The van der Waals surface area contributed by atoms with E-state index in [1.807, 2.05) is 37.3 Å². The van der Waals surface area contributed by atoms with Crippen LogP contribution in [0.15, 0.2) is 48.5 Å². The van der Waals surface area contributed by atoms with E-state index >= 15 is 0 Å². The molecule has 1 amide bonds. The minimum absolute atomic E-state index is 0.164. The van der Waals surface area contributed by atoms with Gasteiger partial charge in [0.05, 0.1) is 5.56 Å². The molecule has 0 atom stereocenters. The summed E-state index contributed by atoms with van der Waals surface area (Å²) in [7, 11) is 0. The molecule has 0 unspecified atom stereocenters. The number of hydrogen-bond donors (Lipinski definition) is 2. The minimum Gasteiger partial charge on any atom is -0.427 e. The van der Waals surface area contributed by atoms with Gasteiger partial charge in [0.25, 0.3) is 5.91 Å². The van der Waals surface area contributed by atoms with E-state index in [0.717, 1.165) is 22.2 Å².